The van der Waals surface area contributed by atoms with E-state index in [9.17, 15) is 9.59 Å². The van der Waals surface area contributed by atoms with Crippen LogP contribution in [0.4, 0.5) is 0 Å². The second-order valence-electron chi connectivity index (χ2n) is 5.48. The molecule has 0 aliphatic carbocycles. The molecule has 146 valence electrons. The van der Waals surface area contributed by atoms with Crippen LogP contribution in [0, 0.1) is 0 Å². The van der Waals surface area contributed by atoms with Gasteiger partial charge in [0.15, 0.2) is 6.29 Å². The zero-order valence-electron chi connectivity index (χ0n) is 15.6. The van der Waals surface area contributed by atoms with E-state index in [-0.39, 0.29) is 18.7 Å². The van der Waals surface area contributed by atoms with Crippen molar-refractivity contribution in [1.29, 1.82) is 0 Å². The number of esters is 1. The van der Waals surface area contributed by atoms with Crippen LogP contribution in [0.15, 0.2) is 35.3 Å². The summed E-state index contributed by atoms with van der Waals surface area (Å²) in [6, 6.07) is 6.91. The second-order valence-corrected chi connectivity index (χ2v) is 5.92. The van der Waals surface area contributed by atoms with Gasteiger partial charge < -0.3 is 14.2 Å². The Labute approximate surface area is 162 Å². The highest BCUT2D eigenvalue weighted by atomic mass is 35.5. The maximum absolute atomic E-state index is 13.0. The third-order valence-corrected chi connectivity index (χ3v) is 3.93. The first-order chi connectivity index (χ1) is 13.0. The zero-order valence-corrected chi connectivity index (χ0v) is 16.4. The summed E-state index contributed by atoms with van der Waals surface area (Å²) >= 11 is 5.95. The number of halogens is 1. The van der Waals surface area contributed by atoms with Crippen LogP contribution >= 0.6 is 11.6 Å². The lowest BCUT2D eigenvalue weighted by Gasteiger charge is -2.20. The molecule has 0 saturated heterocycles. The molecule has 0 unspecified atom stereocenters. The molecule has 0 fully saturated rings. The van der Waals surface area contributed by atoms with Gasteiger partial charge >= 0.3 is 5.97 Å². The molecular weight excluding hydrogens is 372 g/mol. The van der Waals surface area contributed by atoms with E-state index < -0.39 is 17.8 Å². The average Bonchev–Trinajstić information content (AvgIpc) is 2.64. The first-order valence-corrected chi connectivity index (χ1v) is 9.15. The van der Waals surface area contributed by atoms with Gasteiger partial charge in [-0.2, -0.15) is 0 Å². The van der Waals surface area contributed by atoms with E-state index in [4.69, 9.17) is 25.8 Å². The molecule has 8 heteroatoms. The summed E-state index contributed by atoms with van der Waals surface area (Å²) < 4.78 is 17.4. The Morgan fingerprint density at radius 2 is 1.74 bits per heavy atom. The van der Waals surface area contributed by atoms with Crippen LogP contribution in [0.25, 0.3) is 11.4 Å². The van der Waals surface area contributed by atoms with E-state index in [1.807, 2.05) is 13.8 Å². The molecular formula is C19H23ClN2O5. The van der Waals surface area contributed by atoms with Crippen molar-refractivity contribution in [3.63, 3.8) is 0 Å². The highest BCUT2D eigenvalue weighted by molar-refractivity contribution is 6.30. The molecule has 0 spiro atoms. The number of hydrogen-bond donors (Lipinski definition) is 0. The summed E-state index contributed by atoms with van der Waals surface area (Å²) in [5.74, 6) is -0.329. The Morgan fingerprint density at radius 1 is 1.11 bits per heavy atom. The van der Waals surface area contributed by atoms with Gasteiger partial charge in [0.1, 0.15) is 11.4 Å². The normalized spacial score (nSPS) is 11.0. The Balaban J connectivity index is 2.55. The van der Waals surface area contributed by atoms with E-state index in [0.29, 0.717) is 29.6 Å². The van der Waals surface area contributed by atoms with Crippen molar-refractivity contribution in [1.82, 2.24) is 9.55 Å². The molecule has 0 aliphatic rings. The summed E-state index contributed by atoms with van der Waals surface area (Å²) in [5, 5.41) is 0.567. The minimum absolute atomic E-state index is 0.0821. The van der Waals surface area contributed by atoms with Crippen molar-refractivity contribution in [2.75, 3.05) is 19.8 Å². The standard InChI is InChI=1S/C19H23ClN2O5/c1-4-25-16(26-5-2)12-22-17(13-7-9-14(20)10-8-13)21-11-15(18(22)23)19(24)27-6-3/h7-11,16H,4-6,12H2,1-3H3. The molecule has 27 heavy (non-hydrogen) atoms. The number of benzene rings is 1. The van der Waals surface area contributed by atoms with Gasteiger partial charge in [0.2, 0.25) is 0 Å². The van der Waals surface area contributed by atoms with Gasteiger partial charge in [0.25, 0.3) is 5.56 Å². The van der Waals surface area contributed by atoms with Gasteiger partial charge in [0.05, 0.1) is 13.2 Å². The van der Waals surface area contributed by atoms with E-state index in [1.54, 1.807) is 31.2 Å². The number of aromatic nitrogens is 2. The summed E-state index contributed by atoms with van der Waals surface area (Å²) in [7, 11) is 0. The van der Waals surface area contributed by atoms with Crippen molar-refractivity contribution >= 4 is 17.6 Å². The van der Waals surface area contributed by atoms with Crippen LogP contribution in [0.1, 0.15) is 31.1 Å². The fourth-order valence-corrected chi connectivity index (χ4v) is 2.64. The van der Waals surface area contributed by atoms with Gasteiger partial charge in [-0.25, -0.2) is 9.78 Å². The lowest BCUT2D eigenvalue weighted by molar-refractivity contribution is -0.143. The van der Waals surface area contributed by atoms with Crippen LogP contribution in [-0.4, -0.2) is 41.6 Å². The minimum Gasteiger partial charge on any atom is -0.462 e. The monoisotopic (exact) mass is 394 g/mol. The molecule has 1 aromatic heterocycles. The first-order valence-electron chi connectivity index (χ1n) is 8.77. The van der Waals surface area contributed by atoms with Crippen LogP contribution in [0.2, 0.25) is 5.02 Å². The molecule has 1 heterocycles. The van der Waals surface area contributed by atoms with Crippen LogP contribution in [0.3, 0.4) is 0 Å². The molecule has 7 nitrogen and oxygen atoms in total. The van der Waals surface area contributed by atoms with Crippen molar-refractivity contribution in [2.45, 2.75) is 33.6 Å². The predicted molar refractivity (Wildman–Crippen MR) is 102 cm³/mol. The Morgan fingerprint density at radius 3 is 2.30 bits per heavy atom. The van der Waals surface area contributed by atoms with Crippen LogP contribution in [-0.2, 0) is 20.8 Å². The van der Waals surface area contributed by atoms with Crippen molar-refractivity contribution in [3.8, 4) is 11.4 Å². The average molecular weight is 395 g/mol. The number of hydrogen-bond acceptors (Lipinski definition) is 6. The van der Waals surface area contributed by atoms with Crippen LogP contribution in [0.5, 0.6) is 0 Å². The van der Waals surface area contributed by atoms with Crippen molar-refractivity contribution < 1.29 is 19.0 Å². The third-order valence-electron chi connectivity index (χ3n) is 3.68. The summed E-state index contributed by atoms with van der Waals surface area (Å²) in [4.78, 5) is 29.4. The first kappa shape index (κ1) is 21.1. The van der Waals surface area contributed by atoms with Gasteiger partial charge in [-0.05, 0) is 45.0 Å². The number of rotatable bonds is 9. The smallest absolute Gasteiger partial charge is 0.345 e. The SMILES string of the molecule is CCOC(=O)c1cnc(-c2ccc(Cl)cc2)n(CC(OCC)OCC)c1=O. The lowest BCUT2D eigenvalue weighted by Crippen LogP contribution is -2.35. The van der Waals surface area contributed by atoms with Crippen LogP contribution < -0.4 is 5.56 Å². The molecule has 2 aromatic rings. The molecule has 0 N–H and O–H groups in total. The number of carbonyl (C=O) groups is 1. The van der Waals surface area contributed by atoms with Gasteiger partial charge in [-0.15, -0.1) is 0 Å². The largest absolute Gasteiger partial charge is 0.462 e. The van der Waals surface area contributed by atoms with E-state index in [1.165, 1.54) is 10.8 Å². The minimum atomic E-state index is -0.712. The van der Waals surface area contributed by atoms with Crippen molar-refractivity contribution in [3.05, 3.63) is 51.4 Å². The summed E-state index contributed by atoms with van der Waals surface area (Å²) in [6.45, 7) is 6.42. The Kier molecular flexibility index (Phi) is 7.97. The van der Waals surface area contributed by atoms with E-state index in [2.05, 4.69) is 4.98 Å². The molecule has 0 amide bonds. The summed E-state index contributed by atoms with van der Waals surface area (Å²) in [6.07, 6.45) is 0.583. The maximum Gasteiger partial charge on any atom is 0.345 e. The Hall–Kier alpha value is -2.22. The number of carbonyl (C=O) groups excluding carboxylic acids is 1. The van der Waals surface area contributed by atoms with Gasteiger partial charge in [-0.3, -0.25) is 9.36 Å². The quantitative estimate of drug-likeness (QED) is 0.480. The van der Waals surface area contributed by atoms with Gasteiger partial charge in [-0.1, -0.05) is 11.6 Å². The fraction of sp³-hybridized carbons (Fsp3) is 0.421. The van der Waals surface area contributed by atoms with E-state index >= 15 is 0 Å². The molecule has 2 rings (SSSR count). The van der Waals surface area contributed by atoms with Crippen molar-refractivity contribution in [2.24, 2.45) is 0 Å². The molecule has 0 saturated carbocycles. The molecule has 0 atom stereocenters. The highest BCUT2D eigenvalue weighted by Gasteiger charge is 2.21. The number of nitrogens with zero attached hydrogens (tertiary/aromatic N) is 2. The number of ether oxygens (including phenoxy) is 3. The molecule has 1 aromatic carbocycles. The second kappa shape index (κ2) is 10.2. The van der Waals surface area contributed by atoms with Gasteiger partial charge in [0, 0.05) is 30.0 Å². The molecule has 0 aliphatic heterocycles. The predicted octanol–water partition coefficient (Wildman–Crippen LogP) is 3.14. The lowest BCUT2D eigenvalue weighted by atomic mass is 10.2. The van der Waals surface area contributed by atoms with E-state index in [0.717, 1.165) is 0 Å². The molecule has 0 radical (unpaired) electrons. The zero-order chi connectivity index (χ0) is 19.8. The molecule has 0 bridgehead atoms. The maximum atomic E-state index is 13.0. The highest BCUT2D eigenvalue weighted by Crippen LogP contribution is 2.20. The third kappa shape index (κ3) is 5.38. The summed E-state index contributed by atoms with van der Waals surface area (Å²) in [5.41, 5.74) is 0.0257. The topological polar surface area (TPSA) is 79.7 Å². The fourth-order valence-electron chi connectivity index (χ4n) is 2.51. The Bertz CT molecular complexity index is 814.